The molecule has 216 valence electrons. The van der Waals surface area contributed by atoms with Gasteiger partial charge in [0.2, 0.25) is 0 Å². The Balaban J connectivity index is 1.33. The van der Waals surface area contributed by atoms with Crippen molar-refractivity contribution >= 4 is 5.69 Å². The van der Waals surface area contributed by atoms with Crippen molar-refractivity contribution in [3.8, 4) is 17.2 Å². The zero-order chi connectivity index (χ0) is 28.3. The maximum absolute atomic E-state index is 14.8. The number of benzene rings is 3. The van der Waals surface area contributed by atoms with E-state index in [1.807, 2.05) is 31.2 Å². The Morgan fingerprint density at radius 1 is 1.02 bits per heavy atom. The molecule has 0 aromatic heterocycles. The number of hydrogen-bond acceptors (Lipinski definition) is 6. The molecule has 3 aromatic rings. The topological polar surface area (TPSA) is 72.0 Å². The minimum Gasteiger partial charge on any atom is -0.508 e. The summed E-state index contributed by atoms with van der Waals surface area (Å²) in [5.74, 6) is 1.44. The van der Waals surface area contributed by atoms with Gasteiger partial charge in [0.1, 0.15) is 18.1 Å². The zero-order valence-corrected chi connectivity index (χ0v) is 24.0. The van der Waals surface area contributed by atoms with Gasteiger partial charge in [-0.25, -0.2) is 4.39 Å². The Hall–Kier alpha value is -3.29. The highest BCUT2D eigenvalue weighted by atomic mass is 19.1. The van der Waals surface area contributed by atoms with E-state index in [4.69, 9.17) is 14.2 Å². The number of fused-ring (bicyclic) bond motifs is 1. The van der Waals surface area contributed by atoms with E-state index in [2.05, 4.69) is 29.7 Å². The lowest BCUT2D eigenvalue weighted by Crippen LogP contribution is -2.23. The van der Waals surface area contributed by atoms with Crippen LogP contribution in [0.2, 0.25) is 0 Å². The molecule has 2 atom stereocenters. The van der Waals surface area contributed by atoms with Crippen molar-refractivity contribution in [2.75, 3.05) is 45.3 Å². The fourth-order valence-electron chi connectivity index (χ4n) is 5.41. The average Bonchev–Trinajstić information content (AvgIpc) is 2.95. The van der Waals surface area contributed by atoms with Crippen LogP contribution in [0.4, 0.5) is 10.1 Å². The van der Waals surface area contributed by atoms with E-state index in [0.29, 0.717) is 31.2 Å². The van der Waals surface area contributed by atoms with Crippen LogP contribution in [-0.2, 0) is 24.0 Å². The second-order valence-electron chi connectivity index (χ2n) is 10.5. The number of methoxy groups -OCH3 is 1. The third kappa shape index (κ3) is 8.35. The van der Waals surface area contributed by atoms with Crippen molar-refractivity contribution in [1.82, 2.24) is 5.32 Å². The lowest BCUT2D eigenvalue weighted by atomic mass is 9.79. The summed E-state index contributed by atoms with van der Waals surface area (Å²) in [4.78, 5) is 0. The molecule has 1 aliphatic rings. The lowest BCUT2D eigenvalue weighted by Gasteiger charge is -2.28. The van der Waals surface area contributed by atoms with Gasteiger partial charge in [0.15, 0.2) is 11.6 Å². The van der Waals surface area contributed by atoms with Crippen molar-refractivity contribution in [1.29, 1.82) is 0 Å². The predicted molar refractivity (Wildman–Crippen MR) is 159 cm³/mol. The molecule has 0 heterocycles. The Kier molecular flexibility index (Phi) is 11.1. The van der Waals surface area contributed by atoms with Crippen LogP contribution >= 0.6 is 0 Å². The first-order valence-corrected chi connectivity index (χ1v) is 14.4. The molecule has 7 heteroatoms. The number of phenolic OH excluding ortho intramolecular Hbond substituents is 1. The number of anilines is 1. The summed E-state index contributed by atoms with van der Waals surface area (Å²) in [7, 11) is 1.68. The third-order valence-electron chi connectivity index (χ3n) is 7.44. The van der Waals surface area contributed by atoms with Crippen molar-refractivity contribution in [3.63, 3.8) is 0 Å². The molecular weight excluding hydrogens is 507 g/mol. The molecule has 3 aromatic carbocycles. The summed E-state index contributed by atoms with van der Waals surface area (Å²) in [6.07, 6.45) is 4.50. The van der Waals surface area contributed by atoms with Crippen molar-refractivity contribution in [2.45, 2.75) is 57.9 Å². The Morgan fingerprint density at radius 2 is 1.90 bits per heavy atom. The number of phenols is 1. The summed E-state index contributed by atoms with van der Waals surface area (Å²) < 4.78 is 31.3. The Labute approximate surface area is 237 Å². The van der Waals surface area contributed by atoms with Crippen LogP contribution in [0.1, 0.15) is 54.9 Å². The number of rotatable bonds is 15. The highest BCUT2D eigenvalue weighted by Gasteiger charge is 2.23. The lowest BCUT2D eigenvalue weighted by molar-refractivity contribution is 0.144. The van der Waals surface area contributed by atoms with E-state index in [0.717, 1.165) is 62.4 Å². The molecule has 0 aliphatic heterocycles. The van der Waals surface area contributed by atoms with Gasteiger partial charge < -0.3 is 30.0 Å². The normalized spacial score (nSPS) is 15.3. The largest absolute Gasteiger partial charge is 0.508 e. The van der Waals surface area contributed by atoms with E-state index in [9.17, 15) is 9.50 Å². The van der Waals surface area contributed by atoms with Gasteiger partial charge in [0.25, 0.3) is 0 Å². The number of halogens is 1. The van der Waals surface area contributed by atoms with Gasteiger partial charge in [-0.15, -0.1) is 0 Å². The highest BCUT2D eigenvalue weighted by Crippen LogP contribution is 2.38. The summed E-state index contributed by atoms with van der Waals surface area (Å²) >= 11 is 0. The molecule has 0 spiro atoms. The Bertz CT molecular complexity index is 1240. The van der Waals surface area contributed by atoms with Gasteiger partial charge in [-0.2, -0.15) is 0 Å². The first-order valence-electron chi connectivity index (χ1n) is 14.4. The second kappa shape index (κ2) is 14.9. The molecule has 40 heavy (non-hydrogen) atoms. The molecule has 0 bridgehead atoms. The van der Waals surface area contributed by atoms with Crippen LogP contribution in [-0.4, -0.2) is 51.2 Å². The number of aryl methyl sites for hydroxylation is 1. The number of nitrogens with one attached hydrogen (secondary N) is 2. The minimum absolute atomic E-state index is 0.0748. The first-order chi connectivity index (χ1) is 19.5. The number of aromatic hydroxyl groups is 1. The van der Waals surface area contributed by atoms with Crippen molar-refractivity contribution in [2.24, 2.45) is 0 Å². The van der Waals surface area contributed by atoms with Gasteiger partial charge in [-0.1, -0.05) is 18.2 Å². The standard InChI is InChI=1S/C33H43FN2O4/c1-4-39-16-5-14-35-15-17-40-33-13-6-24(19-31(33)34)18-23(2)36-32-22-29(38-3)11-12-30(32)27-8-7-26-21-28(37)10-9-25(26)20-27/h6,9-13,19,21-23,27,35-37H,4-5,7-8,14-18,20H2,1-3H3. The number of ether oxygens (including phenoxy) is 3. The van der Waals surface area contributed by atoms with Crippen LogP contribution in [0.25, 0.3) is 0 Å². The van der Waals surface area contributed by atoms with Crippen LogP contribution < -0.4 is 20.1 Å². The number of hydrogen-bond donors (Lipinski definition) is 3. The summed E-state index contributed by atoms with van der Waals surface area (Å²) in [5.41, 5.74) is 5.74. The fraction of sp³-hybridized carbons (Fsp3) is 0.455. The molecule has 2 unspecified atom stereocenters. The molecule has 0 amide bonds. The molecule has 0 saturated heterocycles. The smallest absolute Gasteiger partial charge is 0.165 e. The quantitative estimate of drug-likeness (QED) is 0.194. The monoisotopic (exact) mass is 550 g/mol. The average molecular weight is 551 g/mol. The van der Waals surface area contributed by atoms with Gasteiger partial charge in [0.05, 0.1) is 7.11 Å². The van der Waals surface area contributed by atoms with Gasteiger partial charge in [0, 0.05) is 37.6 Å². The molecule has 0 saturated carbocycles. The molecule has 0 radical (unpaired) electrons. The van der Waals surface area contributed by atoms with Crippen LogP contribution in [0.3, 0.4) is 0 Å². The maximum Gasteiger partial charge on any atom is 0.165 e. The van der Waals surface area contributed by atoms with E-state index in [1.54, 1.807) is 25.3 Å². The third-order valence-corrected chi connectivity index (χ3v) is 7.44. The minimum atomic E-state index is -0.338. The zero-order valence-electron chi connectivity index (χ0n) is 24.0. The van der Waals surface area contributed by atoms with Crippen molar-refractivity contribution in [3.05, 3.63) is 82.7 Å². The van der Waals surface area contributed by atoms with E-state index < -0.39 is 0 Å². The van der Waals surface area contributed by atoms with Crippen molar-refractivity contribution < 1.29 is 23.7 Å². The van der Waals surface area contributed by atoms with E-state index in [-0.39, 0.29) is 17.6 Å². The van der Waals surface area contributed by atoms with E-state index in [1.165, 1.54) is 16.7 Å². The van der Waals surface area contributed by atoms with Crippen LogP contribution in [0.15, 0.2) is 54.6 Å². The second-order valence-corrected chi connectivity index (χ2v) is 10.5. The summed E-state index contributed by atoms with van der Waals surface area (Å²) in [5, 5.41) is 16.8. The van der Waals surface area contributed by atoms with Crippen LogP contribution in [0, 0.1) is 5.82 Å². The molecular formula is C33H43FN2O4. The molecule has 4 rings (SSSR count). The predicted octanol–water partition coefficient (Wildman–Crippen LogP) is 6.25. The molecule has 3 N–H and O–H groups in total. The van der Waals surface area contributed by atoms with Crippen LogP contribution in [0.5, 0.6) is 17.2 Å². The van der Waals surface area contributed by atoms with Gasteiger partial charge in [-0.3, -0.25) is 0 Å². The molecule has 6 nitrogen and oxygen atoms in total. The van der Waals surface area contributed by atoms with Gasteiger partial charge in [-0.05, 0) is 111 Å². The maximum atomic E-state index is 14.8. The fourth-order valence-corrected chi connectivity index (χ4v) is 5.41. The molecule has 0 fully saturated rings. The summed E-state index contributed by atoms with van der Waals surface area (Å²) in [6.45, 7) is 7.50. The Morgan fingerprint density at radius 3 is 2.70 bits per heavy atom. The van der Waals surface area contributed by atoms with Gasteiger partial charge >= 0.3 is 0 Å². The first kappa shape index (κ1) is 29.7. The highest BCUT2D eigenvalue weighted by molar-refractivity contribution is 5.58. The van der Waals surface area contributed by atoms with E-state index >= 15 is 0 Å². The summed E-state index contributed by atoms with van der Waals surface area (Å²) in [6, 6.07) is 17.2. The SMILES string of the molecule is CCOCCCNCCOc1ccc(CC(C)Nc2cc(OC)ccc2C2CCc3cc(O)ccc3C2)cc1F. The molecule has 1 aliphatic carbocycles.